The maximum atomic E-state index is 7.32. The van der Waals surface area contributed by atoms with Crippen molar-refractivity contribution in [1.29, 1.82) is 5.41 Å². The van der Waals surface area contributed by atoms with Crippen molar-refractivity contribution < 1.29 is 0 Å². The van der Waals surface area contributed by atoms with Crippen LogP contribution in [0.4, 0.5) is 11.4 Å². The van der Waals surface area contributed by atoms with E-state index >= 15 is 0 Å². The summed E-state index contributed by atoms with van der Waals surface area (Å²) >= 11 is 0. The number of nitrogens with one attached hydrogen (secondary N) is 1. The number of nitrogens with zero attached hydrogens (tertiary/aromatic N) is 1. The van der Waals surface area contributed by atoms with Crippen LogP contribution in [0.25, 0.3) is 55.3 Å². The van der Waals surface area contributed by atoms with E-state index in [0.717, 1.165) is 28.0 Å². The highest BCUT2D eigenvalue weighted by Crippen LogP contribution is 2.49. The summed E-state index contributed by atoms with van der Waals surface area (Å²) < 4.78 is 2.33. The van der Waals surface area contributed by atoms with Crippen molar-refractivity contribution >= 4 is 45.7 Å². The summed E-state index contributed by atoms with van der Waals surface area (Å²) in [4.78, 5) is 0. The van der Waals surface area contributed by atoms with Gasteiger partial charge in [0.15, 0.2) is 6.21 Å². The molecule has 2 heteroatoms. The molecule has 1 aliphatic heterocycles. The standard InChI is InChI=1S/C46H39N2/c1-5-8-10-11-28-48-45-32-40(37-19-12-17-35(29-37)33(4)15-14-27-47)22-25-43(45)44-26-23-41-31-39(21-24-42(41)46(44)48)38-20-13-18-36(30-38)34(7-3)16-9-6-2/h5-32,47H,2,4H2,1,3H3/q+1/b8-5-,11-10-,15-14-,16-9-,34-7+,47-27?,48-28?. The molecule has 0 saturated heterocycles. The Labute approximate surface area is 284 Å². The first-order valence-corrected chi connectivity index (χ1v) is 16.2. The largest absolute Gasteiger partial charge is 0.309 e. The summed E-state index contributed by atoms with van der Waals surface area (Å²) in [6.45, 7) is 12.1. The molecule has 0 atom stereocenters. The van der Waals surface area contributed by atoms with E-state index in [1.807, 2.05) is 31.2 Å². The van der Waals surface area contributed by atoms with Crippen LogP contribution in [0, 0.1) is 5.41 Å². The van der Waals surface area contributed by atoms with E-state index < -0.39 is 0 Å². The molecule has 2 nitrogen and oxygen atoms in total. The Morgan fingerprint density at radius 2 is 1.38 bits per heavy atom. The normalized spacial score (nSPS) is 13.7. The van der Waals surface area contributed by atoms with Crippen LogP contribution in [-0.2, 0) is 0 Å². The van der Waals surface area contributed by atoms with Crippen molar-refractivity contribution in [3.8, 4) is 33.4 Å². The van der Waals surface area contributed by atoms with Gasteiger partial charge in [-0.2, -0.15) is 4.58 Å². The molecule has 1 heterocycles. The number of rotatable bonds is 10. The number of hydrogen-bond acceptors (Lipinski definition) is 1. The highest BCUT2D eigenvalue weighted by molar-refractivity contribution is 6.10. The SMILES string of the molecule is C=C/C=C\C(=C/C)c1cccc(-c2ccc3c4c(ccc3c2)-c2ccc(-c3cccc(C(=C)/C=C\C=N)c3)cc2[N+]4=C/C=C\C=C/C)c1. The minimum Gasteiger partial charge on any atom is -0.309 e. The summed E-state index contributed by atoms with van der Waals surface area (Å²) in [6, 6.07) is 35.2. The summed E-state index contributed by atoms with van der Waals surface area (Å²) in [5.41, 5.74) is 13.7. The van der Waals surface area contributed by atoms with E-state index in [9.17, 15) is 0 Å². The Bertz CT molecular complexity index is 2250. The van der Waals surface area contributed by atoms with Gasteiger partial charge in [0.25, 0.3) is 0 Å². The molecule has 0 saturated carbocycles. The molecule has 1 aliphatic rings. The Morgan fingerprint density at radius 1 is 0.667 bits per heavy atom. The lowest BCUT2D eigenvalue weighted by Crippen LogP contribution is -2.01. The second kappa shape index (κ2) is 14.5. The van der Waals surface area contributed by atoms with Gasteiger partial charge >= 0.3 is 0 Å². The van der Waals surface area contributed by atoms with Crippen LogP contribution >= 0.6 is 0 Å². The third-order valence-electron chi connectivity index (χ3n) is 8.64. The van der Waals surface area contributed by atoms with Crippen LogP contribution < -0.4 is 4.58 Å². The molecular weight excluding hydrogens is 581 g/mol. The zero-order valence-electron chi connectivity index (χ0n) is 27.5. The Kier molecular flexibility index (Phi) is 9.64. The monoisotopic (exact) mass is 619 g/mol. The Hall–Kier alpha value is -6.12. The van der Waals surface area contributed by atoms with E-state index in [2.05, 4.69) is 152 Å². The van der Waals surface area contributed by atoms with E-state index in [4.69, 9.17) is 5.41 Å². The van der Waals surface area contributed by atoms with Crippen LogP contribution in [0.1, 0.15) is 25.0 Å². The molecule has 0 fully saturated rings. The first-order valence-electron chi connectivity index (χ1n) is 16.2. The maximum Gasteiger partial charge on any atom is 0.227 e. The van der Waals surface area contributed by atoms with Gasteiger partial charge in [0.05, 0.1) is 16.5 Å². The lowest BCUT2D eigenvalue weighted by Gasteiger charge is -2.09. The van der Waals surface area contributed by atoms with Gasteiger partial charge in [0.1, 0.15) is 0 Å². The smallest absolute Gasteiger partial charge is 0.227 e. The highest BCUT2D eigenvalue weighted by atomic mass is 15.0. The zero-order chi connectivity index (χ0) is 33.5. The molecule has 5 aromatic rings. The number of fused-ring (bicyclic) bond motifs is 5. The van der Waals surface area contributed by atoms with Gasteiger partial charge in [0, 0.05) is 18.4 Å². The van der Waals surface area contributed by atoms with Gasteiger partial charge in [0.2, 0.25) is 11.4 Å². The molecule has 1 N–H and O–H groups in total. The second-order valence-electron chi connectivity index (χ2n) is 11.6. The van der Waals surface area contributed by atoms with Crippen LogP contribution in [0.3, 0.4) is 0 Å². The molecule has 6 rings (SSSR count). The minimum absolute atomic E-state index is 0.877. The highest BCUT2D eigenvalue weighted by Gasteiger charge is 2.33. The van der Waals surface area contributed by atoms with Crippen molar-refractivity contribution in [2.24, 2.45) is 0 Å². The third kappa shape index (κ3) is 6.42. The summed E-state index contributed by atoms with van der Waals surface area (Å²) in [5.74, 6) is 0. The fraction of sp³-hybridized carbons (Fsp3) is 0.0435. The van der Waals surface area contributed by atoms with Crippen molar-refractivity contribution in [3.05, 3.63) is 182 Å². The second-order valence-corrected chi connectivity index (χ2v) is 11.6. The van der Waals surface area contributed by atoms with E-state index in [1.54, 1.807) is 12.2 Å². The van der Waals surface area contributed by atoms with E-state index in [1.165, 1.54) is 56.1 Å². The van der Waals surface area contributed by atoms with Crippen LogP contribution in [0.2, 0.25) is 0 Å². The van der Waals surface area contributed by atoms with E-state index in [-0.39, 0.29) is 0 Å². The summed E-state index contributed by atoms with van der Waals surface area (Å²) in [6.07, 6.45) is 23.3. The fourth-order valence-electron chi connectivity index (χ4n) is 6.26. The maximum absolute atomic E-state index is 7.32. The molecule has 48 heavy (non-hydrogen) atoms. The van der Waals surface area contributed by atoms with Gasteiger partial charge in [-0.3, -0.25) is 0 Å². The molecule has 0 amide bonds. The molecule has 0 aliphatic carbocycles. The average molecular weight is 620 g/mol. The summed E-state index contributed by atoms with van der Waals surface area (Å²) in [7, 11) is 0. The van der Waals surface area contributed by atoms with Crippen molar-refractivity contribution in [3.63, 3.8) is 0 Å². The molecule has 232 valence electrons. The van der Waals surface area contributed by atoms with Gasteiger partial charge < -0.3 is 5.41 Å². The molecule has 0 bridgehead atoms. The molecule has 0 aromatic heterocycles. The Morgan fingerprint density at radius 3 is 2.12 bits per heavy atom. The van der Waals surface area contributed by atoms with Gasteiger partial charge in [-0.15, -0.1) is 0 Å². The lowest BCUT2D eigenvalue weighted by molar-refractivity contribution is 1.15. The van der Waals surface area contributed by atoms with E-state index in [0.29, 0.717) is 0 Å². The van der Waals surface area contributed by atoms with Crippen LogP contribution in [0.5, 0.6) is 0 Å². The van der Waals surface area contributed by atoms with Crippen LogP contribution in [0.15, 0.2) is 171 Å². The van der Waals surface area contributed by atoms with Crippen molar-refractivity contribution in [1.82, 2.24) is 4.58 Å². The van der Waals surface area contributed by atoms with Crippen molar-refractivity contribution in [2.75, 3.05) is 0 Å². The number of benzene rings is 5. The third-order valence-corrected chi connectivity index (χ3v) is 8.64. The first-order chi connectivity index (χ1) is 23.6. The van der Waals surface area contributed by atoms with Crippen LogP contribution in [-0.4, -0.2) is 12.4 Å². The fourth-order valence-corrected chi connectivity index (χ4v) is 6.26. The minimum atomic E-state index is 0.877. The molecule has 0 spiro atoms. The summed E-state index contributed by atoms with van der Waals surface area (Å²) in [5, 5.41) is 9.73. The zero-order valence-corrected chi connectivity index (χ0v) is 27.5. The molecular formula is C46H39N2+. The molecule has 0 unspecified atom stereocenters. The first kappa shape index (κ1) is 31.8. The van der Waals surface area contributed by atoms with Gasteiger partial charge in [-0.1, -0.05) is 116 Å². The average Bonchev–Trinajstić information content (AvgIpc) is 3.45. The molecule has 0 radical (unpaired) electrons. The topological polar surface area (TPSA) is 26.9 Å². The molecule has 5 aromatic carbocycles. The van der Waals surface area contributed by atoms with Gasteiger partial charge in [-0.25, -0.2) is 0 Å². The van der Waals surface area contributed by atoms with Gasteiger partial charge in [-0.05, 0) is 106 Å². The lowest BCUT2D eigenvalue weighted by atomic mass is 9.94. The quantitative estimate of drug-likeness (QED) is 0.0897. The predicted octanol–water partition coefficient (Wildman–Crippen LogP) is 12.6. The number of hydrogen-bond donors (Lipinski definition) is 1. The van der Waals surface area contributed by atoms with Crippen molar-refractivity contribution in [2.45, 2.75) is 13.8 Å². The predicted molar refractivity (Wildman–Crippen MR) is 212 cm³/mol. The number of allylic oxidation sites excluding steroid dienone is 12. The Balaban J connectivity index is 1.44.